The van der Waals surface area contributed by atoms with Gasteiger partial charge >= 0.3 is 0 Å². The quantitative estimate of drug-likeness (QED) is 0.780. The largest absolute Gasteiger partial charge is 0.326 e. The summed E-state index contributed by atoms with van der Waals surface area (Å²) in [4.78, 5) is 16.8. The standard InChI is InChI=1S/C17H20N2O4S/c1-19(23-2)24(21,22)16-11-9-15(10-12-16)18-17(20)13-8-14-6-4-3-5-7-14/h3-7,9-12H,8,13H2,1-2H3,(H,18,20). The summed E-state index contributed by atoms with van der Waals surface area (Å²) in [5.41, 5.74) is 1.64. The Morgan fingerprint density at radius 2 is 1.71 bits per heavy atom. The number of hydrogen-bond donors (Lipinski definition) is 1. The van der Waals surface area contributed by atoms with Crippen LogP contribution in [-0.4, -0.2) is 33.0 Å². The van der Waals surface area contributed by atoms with Crippen molar-refractivity contribution in [3.8, 4) is 0 Å². The van der Waals surface area contributed by atoms with Crippen LogP contribution in [0.5, 0.6) is 0 Å². The third-order valence-corrected chi connectivity index (χ3v) is 5.21. The van der Waals surface area contributed by atoms with Gasteiger partial charge in [-0.1, -0.05) is 34.8 Å². The molecule has 128 valence electrons. The SMILES string of the molecule is CON(C)S(=O)(=O)c1ccc(NC(=O)CCc2ccccc2)cc1. The summed E-state index contributed by atoms with van der Waals surface area (Å²) in [6, 6.07) is 15.7. The second kappa shape index (κ2) is 8.05. The fraction of sp³-hybridized carbons (Fsp3) is 0.235. The van der Waals surface area contributed by atoms with Crippen LogP contribution < -0.4 is 5.32 Å². The van der Waals surface area contributed by atoms with Gasteiger partial charge in [0.1, 0.15) is 0 Å². The summed E-state index contributed by atoms with van der Waals surface area (Å²) >= 11 is 0. The molecule has 0 saturated carbocycles. The normalized spacial score (nSPS) is 11.5. The van der Waals surface area contributed by atoms with E-state index in [9.17, 15) is 13.2 Å². The van der Waals surface area contributed by atoms with E-state index in [1.807, 2.05) is 30.3 Å². The molecule has 0 fully saturated rings. The minimum Gasteiger partial charge on any atom is -0.326 e. The molecule has 0 aliphatic rings. The Morgan fingerprint density at radius 3 is 2.29 bits per heavy atom. The zero-order valence-electron chi connectivity index (χ0n) is 13.6. The number of amides is 1. The van der Waals surface area contributed by atoms with Crippen LogP contribution in [0, 0.1) is 0 Å². The summed E-state index contributed by atoms with van der Waals surface area (Å²) in [5, 5.41) is 2.76. The Bertz CT molecular complexity index is 774. The summed E-state index contributed by atoms with van der Waals surface area (Å²) in [7, 11) is -1.09. The second-order valence-electron chi connectivity index (χ2n) is 5.16. The van der Waals surface area contributed by atoms with Crippen LogP contribution in [0.4, 0.5) is 5.69 Å². The van der Waals surface area contributed by atoms with Crippen molar-refractivity contribution in [1.29, 1.82) is 0 Å². The van der Waals surface area contributed by atoms with Gasteiger partial charge in [-0.2, -0.15) is 0 Å². The number of aryl methyl sites for hydroxylation is 1. The number of carbonyl (C=O) groups is 1. The highest BCUT2D eigenvalue weighted by Crippen LogP contribution is 2.17. The van der Waals surface area contributed by atoms with Gasteiger partial charge in [-0.15, -0.1) is 0 Å². The van der Waals surface area contributed by atoms with E-state index in [1.54, 1.807) is 12.1 Å². The molecule has 0 unspecified atom stereocenters. The Hall–Kier alpha value is -2.22. The number of nitrogens with one attached hydrogen (secondary N) is 1. The molecule has 2 rings (SSSR count). The average Bonchev–Trinajstić information content (AvgIpc) is 2.60. The molecule has 0 bridgehead atoms. The van der Waals surface area contributed by atoms with Gasteiger partial charge in [0.05, 0.1) is 12.0 Å². The molecule has 0 atom stereocenters. The van der Waals surface area contributed by atoms with E-state index in [4.69, 9.17) is 4.84 Å². The third kappa shape index (κ3) is 4.64. The van der Waals surface area contributed by atoms with Gasteiger partial charge in [0.25, 0.3) is 10.0 Å². The number of rotatable bonds is 7. The molecule has 0 saturated heterocycles. The van der Waals surface area contributed by atoms with E-state index >= 15 is 0 Å². The van der Waals surface area contributed by atoms with Crippen molar-refractivity contribution < 1.29 is 18.0 Å². The second-order valence-corrected chi connectivity index (χ2v) is 7.09. The number of hydrogen-bond acceptors (Lipinski definition) is 4. The van der Waals surface area contributed by atoms with Gasteiger partial charge in [-0.3, -0.25) is 9.63 Å². The number of benzene rings is 2. The molecular weight excluding hydrogens is 328 g/mol. The molecule has 0 spiro atoms. The van der Waals surface area contributed by atoms with Crippen molar-refractivity contribution in [2.75, 3.05) is 19.5 Å². The lowest BCUT2D eigenvalue weighted by Gasteiger charge is -2.14. The maximum absolute atomic E-state index is 12.1. The first kappa shape index (κ1) is 18.1. The van der Waals surface area contributed by atoms with Gasteiger partial charge in [-0.25, -0.2) is 8.42 Å². The van der Waals surface area contributed by atoms with Crippen molar-refractivity contribution in [3.05, 3.63) is 60.2 Å². The highest BCUT2D eigenvalue weighted by molar-refractivity contribution is 7.89. The number of hydroxylamine groups is 1. The van der Waals surface area contributed by atoms with E-state index in [-0.39, 0.29) is 10.8 Å². The summed E-state index contributed by atoms with van der Waals surface area (Å²) in [5.74, 6) is -0.122. The lowest BCUT2D eigenvalue weighted by atomic mass is 10.1. The number of sulfonamides is 1. The molecule has 0 aromatic heterocycles. The molecule has 7 heteroatoms. The van der Waals surface area contributed by atoms with Crippen LogP contribution in [0.2, 0.25) is 0 Å². The molecule has 2 aromatic rings. The molecule has 2 aromatic carbocycles. The first-order chi connectivity index (χ1) is 11.4. The van der Waals surface area contributed by atoms with E-state index in [1.165, 1.54) is 26.3 Å². The van der Waals surface area contributed by atoms with Gasteiger partial charge in [0, 0.05) is 19.2 Å². The van der Waals surface area contributed by atoms with Crippen molar-refractivity contribution >= 4 is 21.6 Å². The molecule has 24 heavy (non-hydrogen) atoms. The first-order valence-electron chi connectivity index (χ1n) is 7.40. The molecular formula is C17H20N2O4S. The highest BCUT2D eigenvalue weighted by atomic mass is 32.2. The highest BCUT2D eigenvalue weighted by Gasteiger charge is 2.20. The van der Waals surface area contributed by atoms with E-state index in [0.717, 1.165) is 10.0 Å². The van der Waals surface area contributed by atoms with Gasteiger partial charge < -0.3 is 5.32 Å². The summed E-state index contributed by atoms with van der Waals surface area (Å²) in [6.07, 6.45) is 1.01. The zero-order valence-corrected chi connectivity index (χ0v) is 14.4. The Labute approximate surface area is 142 Å². The average molecular weight is 348 g/mol. The van der Waals surface area contributed by atoms with Crippen LogP contribution >= 0.6 is 0 Å². The van der Waals surface area contributed by atoms with Gasteiger partial charge in [0.2, 0.25) is 5.91 Å². The monoisotopic (exact) mass is 348 g/mol. The van der Waals surface area contributed by atoms with E-state index < -0.39 is 10.0 Å². The molecule has 0 aliphatic heterocycles. The number of nitrogens with zero attached hydrogens (tertiary/aromatic N) is 1. The van der Waals surface area contributed by atoms with Crippen LogP contribution in [-0.2, 0) is 26.1 Å². The number of carbonyl (C=O) groups excluding carboxylic acids is 1. The summed E-state index contributed by atoms with van der Waals surface area (Å²) < 4.78 is 24.9. The Balaban J connectivity index is 1.95. The Kier molecular flexibility index (Phi) is 6.08. The third-order valence-electron chi connectivity index (χ3n) is 3.52. The topological polar surface area (TPSA) is 75.7 Å². The fourth-order valence-electron chi connectivity index (χ4n) is 2.08. The first-order valence-corrected chi connectivity index (χ1v) is 8.84. The fourth-order valence-corrected chi connectivity index (χ4v) is 3.06. The van der Waals surface area contributed by atoms with Crippen LogP contribution in [0.3, 0.4) is 0 Å². The van der Waals surface area contributed by atoms with Gasteiger partial charge in [-0.05, 0) is 36.2 Å². The molecule has 1 amide bonds. The van der Waals surface area contributed by atoms with Crippen molar-refractivity contribution in [1.82, 2.24) is 4.47 Å². The minimum absolute atomic E-state index is 0.0918. The maximum atomic E-state index is 12.1. The lowest BCUT2D eigenvalue weighted by molar-refractivity contribution is -0.116. The van der Waals surface area contributed by atoms with Crippen LogP contribution in [0.15, 0.2) is 59.5 Å². The Morgan fingerprint density at radius 1 is 1.08 bits per heavy atom. The summed E-state index contributed by atoms with van der Waals surface area (Å²) in [6.45, 7) is 0. The van der Waals surface area contributed by atoms with E-state index in [2.05, 4.69) is 5.32 Å². The smallest absolute Gasteiger partial charge is 0.264 e. The molecule has 6 nitrogen and oxygen atoms in total. The van der Waals surface area contributed by atoms with Crippen molar-refractivity contribution in [2.45, 2.75) is 17.7 Å². The molecule has 0 heterocycles. The predicted octanol–water partition coefficient (Wildman–Crippen LogP) is 2.44. The predicted molar refractivity (Wildman–Crippen MR) is 91.8 cm³/mol. The van der Waals surface area contributed by atoms with E-state index in [0.29, 0.717) is 18.5 Å². The molecule has 0 aliphatic carbocycles. The maximum Gasteiger partial charge on any atom is 0.264 e. The van der Waals surface area contributed by atoms with Crippen molar-refractivity contribution in [2.24, 2.45) is 0 Å². The lowest BCUT2D eigenvalue weighted by Crippen LogP contribution is -2.25. The van der Waals surface area contributed by atoms with Crippen molar-refractivity contribution in [3.63, 3.8) is 0 Å². The van der Waals surface area contributed by atoms with Gasteiger partial charge in [0.15, 0.2) is 0 Å². The molecule has 0 radical (unpaired) electrons. The number of anilines is 1. The van der Waals surface area contributed by atoms with Crippen LogP contribution in [0.1, 0.15) is 12.0 Å². The van der Waals surface area contributed by atoms with Crippen LogP contribution in [0.25, 0.3) is 0 Å². The zero-order chi connectivity index (χ0) is 17.6. The minimum atomic E-state index is -3.68. The molecule has 1 N–H and O–H groups in total.